The van der Waals surface area contributed by atoms with Crippen molar-refractivity contribution in [1.29, 1.82) is 0 Å². The van der Waals surface area contributed by atoms with E-state index < -0.39 is 47.9 Å². The van der Waals surface area contributed by atoms with Crippen LogP contribution in [-0.4, -0.2) is 77.9 Å². The summed E-state index contributed by atoms with van der Waals surface area (Å²) in [6, 6.07) is 3.10. The Labute approximate surface area is 247 Å². The molecule has 14 nitrogen and oxygen atoms in total. The molecule has 4 rings (SSSR count). The topological polar surface area (TPSA) is 224 Å². The van der Waals surface area contributed by atoms with Gasteiger partial charge in [0.1, 0.15) is 18.1 Å². The molecule has 43 heavy (non-hydrogen) atoms. The summed E-state index contributed by atoms with van der Waals surface area (Å²) in [6.45, 7) is 3.56. The lowest BCUT2D eigenvalue weighted by Crippen LogP contribution is -2.58. The first-order chi connectivity index (χ1) is 20.7. The molecule has 0 aliphatic carbocycles. The lowest BCUT2D eigenvalue weighted by Gasteiger charge is -2.26. The second-order valence-electron chi connectivity index (χ2n) is 10.6. The molecule has 0 saturated carbocycles. The molecular formula is C29H37N9O5. The average Bonchev–Trinajstić information content (AvgIpc) is 3.78. The molecule has 14 heteroatoms. The quantitative estimate of drug-likeness (QED) is 0.0972. The number of nitrogens with zero attached hydrogens (tertiary/aromatic N) is 2. The van der Waals surface area contributed by atoms with E-state index >= 15 is 0 Å². The number of carbonyl (C=O) groups is 4. The van der Waals surface area contributed by atoms with Crippen LogP contribution in [0.3, 0.4) is 0 Å². The number of carbonyl (C=O) groups excluding carboxylic acids is 3. The predicted octanol–water partition coefficient (Wildman–Crippen LogP) is 0.554. The van der Waals surface area contributed by atoms with Gasteiger partial charge in [-0.05, 0) is 17.5 Å². The fraction of sp³-hybridized carbons (Fsp3) is 0.379. The summed E-state index contributed by atoms with van der Waals surface area (Å²) in [5, 5.41) is 18.7. The van der Waals surface area contributed by atoms with E-state index in [-0.39, 0.29) is 25.2 Å². The van der Waals surface area contributed by atoms with Gasteiger partial charge in [0.15, 0.2) is 0 Å². The van der Waals surface area contributed by atoms with Crippen LogP contribution < -0.4 is 21.7 Å². The molecule has 0 aliphatic rings. The molecule has 0 fully saturated rings. The number of carboxylic acids is 1. The number of para-hydroxylation sites is 1. The third-order valence-corrected chi connectivity index (χ3v) is 7.45. The van der Waals surface area contributed by atoms with Gasteiger partial charge in [0, 0.05) is 60.1 Å². The highest BCUT2D eigenvalue weighted by Crippen LogP contribution is 2.20. The number of fused-ring (bicyclic) bond motifs is 1. The molecule has 1 aromatic carbocycles. The molecule has 9 N–H and O–H groups in total. The van der Waals surface area contributed by atoms with Crippen molar-refractivity contribution in [3.05, 3.63) is 72.5 Å². The van der Waals surface area contributed by atoms with E-state index in [4.69, 9.17) is 5.73 Å². The molecule has 0 aliphatic heterocycles. The van der Waals surface area contributed by atoms with Gasteiger partial charge in [-0.1, -0.05) is 38.5 Å². The molecule has 4 aromatic rings. The summed E-state index contributed by atoms with van der Waals surface area (Å²) in [5.41, 5.74) is 8.94. The largest absolute Gasteiger partial charge is 0.480 e. The zero-order chi connectivity index (χ0) is 30.9. The van der Waals surface area contributed by atoms with E-state index in [0.717, 1.165) is 16.5 Å². The van der Waals surface area contributed by atoms with Crippen LogP contribution in [0.2, 0.25) is 0 Å². The van der Waals surface area contributed by atoms with Crippen molar-refractivity contribution in [2.75, 3.05) is 0 Å². The van der Waals surface area contributed by atoms with Crippen LogP contribution >= 0.6 is 0 Å². The van der Waals surface area contributed by atoms with Crippen LogP contribution in [0.25, 0.3) is 10.9 Å². The molecule has 228 valence electrons. The second-order valence-corrected chi connectivity index (χ2v) is 10.6. The normalized spacial score (nSPS) is 14.8. The highest BCUT2D eigenvalue weighted by atomic mass is 16.4. The summed E-state index contributed by atoms with van der Waals surface area (Å²) in [6.07, 6.45) is 8.55. The Kier molecular flexibility index (Phi) is 10.3. The van der Waals surface area contributed by atoms with Gasteiger partial charge in [-0.3, -0.25) is 14.4 Å². The SMILES string of the molecule is CCC(C)C(NC(=O)C(Cc1c[nH]c2ccccc12)NC(=O)C(Cc1cnc[nH]1)NC(=O)C(N)Cc1cnc[nH]1)C(=O)O. The van der Waals surface area contributed by atoms with Gasteiger partial charge in [0.25, 0.3) is 0 Å². The van der Waals surface area contributed by atoms with Crippen molar-refractivity contribution in [1.82, 2.24) is 40.9 Å². The number of nitrogens with two attached hydrogens (primary N) is 1. The van der Waals surface area contributed by atoms with E-state index in [1.807, 2.05) is 31.2 Å². The van der Waals surface area contributed by atoms with Gasteiger partial charge >= 0.3 is 5.97 Å². The number of imidazole rings is 2. The van der Waals surface area contributed by atoms with Gasteiger partial charge in [-0.2, -0.15) is 0 Å². The van der Waals surface area contributed by atoms with Gasteiger partial charge in [0.05, 0.1) is 18.7 Å². The Bertz CT molecular complexity index is 1520. The first-order valence-electron chi connectivity index (χ1n) is 14.0. The fourth-order valence-electron chi connectivity index (χ4n) is 4.77. The van der Waals surface area contributed by atoms with Crippen LogP contribution in [-0.2, 0) is 38.4 Å². The van der Waals surface area contributed by atoms with E-state index in [2.05, 4.69) is 40.9 Å². The second kappa shape index (κ2) is 14.3. The number of nitrogens with one attached hydrogen (secondary N) is 6. The van der Waals surface area contributed by atoms with Crippen molar-refractivity contribution >= 4 is 34.6 Å². The van der Waals surface area contributed by atoms with Crippen LogP contribution in [0, 0.1) is 5.92 Å². The maximum atomic E-state index is 13.7. The zero-order valence-electron chi connectivity index (χ0n) is 24.0. The number of aliphatic carboxylic acids is 1. The molecular weight excluding hydrogens is 554 g/mol. The number of carboxylic acid groups (broad SMARTS) is 1. The number of hydrogen-bond donors (Lipinski definition) is 8. The van der Waals surface area contributed by atoms with Crippen LogP contribution in [0.1, 0.15) is 37.2 Å². The minimum atomic E-state index is -1.17. The summed E-state index contributed by atoms with van der Waals surface area (Å²) in [4.78, 5) is 69.2. The number of benzene rings is 1. The molecule has 3 aromatic heterocycles. The molecule has 0 spiro atoms. The minimum absolute atomic E-state index is 0.0421. The lowest BCUT2D eigenvalue weighted by molar-refractivity contribution is -0.143. The van der Waals surface area contributed by atoms with E-state index in [1.165, 1.54) is 18.9 Å². The number of aromatic amines is 3. The maximum Gasteiger partial charge on any atom is 0.326 e. The lowest BCUT2D eigenvalue weighted by atomic mass is 9.97. The Morgan fingerprint density at radius 1 is 0.860 bits per heavy atom. The predicted molar refractivity (Wildman–Crippen MR) is 157 cm³/mol. The van der Waals surface area contributed by atoms with Gasteiger partial charge in [-0.25, -0.2) is 14.8 Å². The molecule has 3 amide bonds. The minimum Gasteiger partial charge on any atom is -0.480 e. The van der Waals surface area contributed by atoms with Crippen molar-refractivity contribution in [2.45, 2.75) is 63.7 Å². The Balaban J connectivity index is 1.57. The molecule has 0 bridgehead atoms. The van der Waals surface area contributed by atoms with E-state index in [9.17, 15) is 24.3 Å². The number of hydrogen-bond acceptors (Lipinski definition) is 7. The molecule has 0 saturated heterocycles. The van der Waals surface area contributed by atoms with Gasteiger partial charge in [0.2, 0.25) is 17.7 Å². The number of H-pyrrole nitrogens is 3. The van der Waals surface area contributed by atoms with E-state index in [0.29, 0.717) is 17.8 Å². The monoisotopic (exact) mass is 591 g/mol. The van der Waals surface area contributed by atoms with Crippen molar-refractivity contribution in [3.63, 3.8) is 0 Å². The van der Waals surface area contributed by atoms with Crippen molar-refractivity contribution in [3.8, 4) is 0 Å². The molecule has 5 atom stereocenters. The molecule has 0 radical (unpaired) electrons. The summed E-state index contributed by atoms with van der Waals surface area (Å²) in [7, 11) is 0. The van der Waals surface area contributed by atoms with Crippen LogP contribution in [0.15, 0.2) is 55.5 Å². The maximum absolute atomic E-state index is 13.7. The Morgan fingerprint density at radius 3 is 2.09 bits per heavy atom. The van der Waals surface area contributed by atoms with Crippen LogP contribution in [0.5, 0.6) is 0 Å². The summed E-state index contributed by atoms with van der Waals surface area (Å²) >= 11 is 0. The Morgan fingerprint density at radius 2 is 1.47 bits per heavy atom. The number of amides is 3. The smallest absolute Gasteiger partial charge is 0.326 e. The summed E-state index contributed by atoms with van der Waals surface area (Å²) < 4.78 is 0. The number of rotatable bonds is 15. The third-order valence-electron chi connectivity index (χ3n) is 7.45. The summed E-state index contributed by atoms with van der Waals surface area (Å²) in [5.74, 6) is -3.40. The average molecular weight is 592 g/mol. The molecule has 3 heterocycles. The Hall–Kier alpha value is -4.98. The van der Waals surface area contributed by atoms with Crippen LogP contribution in [0.4, 0.5) is 0 Å². The molecule has 5 unspecified atom stereocenters. The van der Waals surface area contributed by atoms with Crippen molar-refractivity contribution in [2.24, 2.45) is 11.7 Å². The first kappa shape index (κ1) is 31.0. The van der Waals surface area contributed by atoms with Gasteiger partial charge in [-0.15, -0.1) is 0 Å². The first-order valence-corrected chi connectivity index (χ1v) is 14.0. The van der Waals surface area contributed by atoms with E-state index in [1.54, 1.807) is 19.3 Å². The number of aromatic nitrogens is 5. The third kappa shape index (κ3) is 8.07. The zero-order valence-corrected chi connectivity index (χ0v) is 24.0. The highest BCUT2D eigenvalue weighted by molar-refractivity contribution is 5.95. The van der Waals surface area contributed by atoms with Gasteiger partial charge < -0.3 is 41.7 Å². The highest BCUT2D eigenvalue weighted by Gasteiger charge is 2.33. The van der Waals surface area contributed by atoms with Crippen molar-refractivity contribution < 1.29 is 24.3 Å². The standard InChI is InChI=1S/C29H37N9O5/c1-3-16(2)25(29(42)43)38-28(41)23(8-17-11-33-22-7-5-4-6-20(17)22)37-27(40)24(10-19-13-32-15-35-19)36-26(39)21(30)9-18-12-31-14-34-18/h4-7,11-16,21,23-25,33H,3,8-10,30H2,1-2H3,(H,31,34)(H,32,35)(H,36,39)(H,37,40)(H,38,41)(H,42,43). The fourth-order valence-corrected chi connectivity index (χ4v) is 4.77.